The number of hydrogen-bond donors (Lipinski definition) is 1. The summed E-state index contributed by atoms with van der Waals surface area (Å²) in [4.78, 5) is 16.9. The third-order valence-corrected chi connectivity index (χ3v) is 5.58. The van der Waals surface area contributed by atoms with Crippen molar-refractivity contribution in [3.05, 3.63) is 80.3 Å². The van der Waals surface area contributed by atoms with Crippen LogP contribution in [0, 0.1) is 13.8 Å². The summed E-state index contributed by atoms with van der Waals surface area (Å²) in [5.41, 5.74) is 3.97. The van der Waals surface area contributed by atoms with E-state index in [0.717, 1.165) is 16.8 Å². The fourth-order valence-electron chi connectivity index (χ4n) is 2.94. The predicted molar refractivity (Wildman–Crippen MR) is 136 cm³/mol. The zero-order valence-electron chi connectivity index (χ0n) is 18.4. The van der Waals surface area contributed by atoms with E-state index >= 15 is 0 Å². The van der Waals surface area contributed by atoms with Gasteiger partial charge in [0.1, 0.15) is 0 Å². The van der Waals surface area contributed by atoms with Gasteiger partial charge in [-0.05, 0) is 73.9 Å². The Labute approximate surface area is 208 Å². The number of anilines is 1. The van der Waals surface area contributed by atoms with Crippen LogP contribution >= 0.6 is 34.8 Å². The molecule has 0 unspecified atom stereocenters. The van der Waals surface area contributed by atoms with Gasteiger partial charge in [0, 0.05) is 21.9 Å². The second-order valence-electron chi connectivity index (χ2n) is 7.25. The van der Waals surface area contributed by atoms with E-state index in [1.54, 1.807) is 36.5 Å². The number of halogens is 3. The van der Waals surface area contributed by atoms with Crippen LogP contribution in [0.1, 0.15) is 23.6 Å². The summed E-state index contributed by atoms with van der Waals surface area (Å²) >= 11 is 18.6. The number of carbonyl (C=O) groups excluding carboxylic acids is 1. The molecule has 0 saturated carbocycles. The maximum Gasteiger partial charge on any atom is 0.262 e. The van der Waals surface area contributed by atoms with Crippen molar-refractivity contribution in [1.29, 1.82) is 0 Å². The van der Waals surface area contributed by atoms with E-state index in [1.807, 2.05) is 39.0 Å². The highest BCUT2D eigenvalue weighted by Crippen LogP contribution is 2.36. The van der Waals surface area contributed by atoms with Crippen molar-refractivity contribution in [2.75, 3.05) is 18.5 Å². The Morgan fingerprint density at radius 1 is 0.970 bits per heavy atom. The number of carbonyl (C=O) groups is 1. The lowest BCUT2D eigenvalue weighted by Gasteiger charge is -2.14. The highest BCUT2D eigenvalue weighted by atomic mass is 35.5. The molecule has 0 aromatic heterocycles. The summed E-state index contributed by atoms with van der Waals surface area (Å²) in [6.07, 6.45) is 1.67. The molecule has 3 aromatic carbocycles. The molecule has 1 amide bonds. The molecule has 0 aliphatic carbocycles. The minimum atomic E-state index is -0.351. The molecule has 0 aliphatic heterocycles. The van der Waals surface area contributed by atoms with Gasteiger partial charge < -0.3 is 14.8 Å². The number of nitrogens with one attached hydrogen (secondary N) is 1. The van der Waals surface area contributed by atoms with Crippen molar-refractivity contribution in [3.8, 4) is 11.5 Å². The van der Waals surface area contributed by atoms with Crippen LogP contribution in [0.25, 0.3) is 0 Å². The Balaban J connectivity index is 1.75. The summed E-state index contributed by atoms with van der Waals surface area (Å²) < 4.78 is 11.4. The number of aryl methyl sites for hydroxylation is 2. The second-order valence-corrected chi connectivity index (χ2v) is 8.50. The van der Waals surface area contributed by atoms with E-state index in [0.29, 0.717) is 38.7 Å². The van der Waals surface area contributed by atoms with Gasteiger partial charge in [-0.15, -0.1) is 0 Å². The molecule has 0 bridgehead atoms. The minimum absolute atomic E-state index is 0.250. The summed E-state index contributed by atoms with van der Waals surface area (Å²) in [6, 6.07) is 14.2. The Morgan fingerprint density at radius 2 is 1.73 bits per heavy atom. The number of benzene rings is 3. The highest BCUT2D eigenvalue weighted by Gasteiger charge is 2.14. The smallest absolute Gasteiger partial charge is 0.262 e. The highest BCUT2D eigenvalue weighted by molar-refractivity contribution is 6.33. The number of nitrogens with zero attached hydrogens (tertiary/aromatic N) is 1. The summed E-state index contributed by atoms with van der Waals surface area (Å²) in [5, 5.41) is 4.23. The first-order valence-corrected chi connectivity index (χ1v) is 11.4. The van der Waals surface area contributed by atoms with Gasteiger partial charge >= 0.3 is 0 Å². The van der Waals surface area contributed by atoms with Gasteiger partial charge in [-0.25, -0.2) is 0 Å². The van der Waals surface area contributed by atoms with Crippen LogP contribution in [0.5, 0.6) is 11.5 Å². The van der Waals surface area contributed by atoms with Crippen LogP contribution in [0.3, 0.4) is 0 Å². The molecule has 0 fully saturated rings. The Kier molecular flexibility index (Phi) is 8.61. The maximum absolute atomic E-state index is 12.4. The number of rotatable bonds is 8. The molecular formula is C25H23Cl3N2O3. The van der Waals surface area contributed by atoms with E-state index in [2.05, 4.69) is 10.3 Å². The van der Waals surface area contributed by atoms with E-state index in [4.69, 9.17) is 44.3 Å². The molecule has 8 heteroatoms. The van der Waals surface area contributed by atoms with E-state index in [1.165, 1.54) is 0 Å². The van der Waals surface area contributed by atoms with Crippen molar-refractivity contribution >= 4 is 58.3 Å². The van der Waals surface area contributed by atoms with Crippen LogP contribution in [-0.2, 0) is 4.79 Å². The summed E-state index contributed by atoms with van der Waals surface area (Å²) in [7, 11) is 0. The van der Waals surface area contributed by atoms with Gasteiger partial charge in [0.2, 0.25) is 0 Å². The SMILES string of the molecule is CCOc1cc(C=Nc2cc(Cl)ccc2C)cc(Cl)c1OCC(=O)Nc1ccc(C)c(Cl)c1. The van der Waals surface area contributed by atoms with Crippen LogP contribution in [0.15, 0.2) is 53.5 Å². The average Bonchev–Trinajstić information content (AvgIpc) is 2.76. The number of hydrogen-bond acceptors (Lipinski definition) is 4. The molecule has 0 atom stereocenters. The van der Waals surface area contributed by atoms with E-state index in [9.17, 15) is 4.79 Å². The van der Waals surface area contributed by atoms with Gasteiger partial charge in [0.05, 0.1) is 17.3 Å². The molecule has 172 valence electrons. The quantitative estimate of drug-likeness (QED) is 0.324. The first kappa shape index (κ1) is 24.9. The summed E-state index contributed by atoms with van der Waals surface area (Å²) in [5.74, 6) is 0.350. The molecule has 3 rings (SSSR count). The van der Waals surface area contributed by atoms with E-state index < -0.39 is 0 Å². The second kappa shape index (κ2) is 11.4. The van der Waals surface area contributed by atoms with E-state index in [-0.39, 0.29) is 18.3 Å². The lowest BCUT2D eigenvalue weighted by molar-refractivity contribution is -0.118. The number of amides is 1. The molecule has 0 radical (unpaired) electrons. The molecular weight excluding hydrogens is 483 g/mol. The molecule has 1 N–H and O–H groups in total. The molecule has 33 heavy (non-hydrogen) atoms. The fraction of sp³-hybridized carbons (Fsp3) is 0.200. The average molecular weight is 506 g/mol. The zero-order valence-corrected chi connectivity index (χ0v) is 20.7. The van der Waals surface area contributed by atoms with Gasteiger partial charge in [-0.2, -0.15) is 0 Å². The Hall–Kier alpha value is -2.73. The number of ether oxygens (including phenoxy) is 2. The van der Waals surface area contributed by atoms with Crippen molar-refractivity contribution in [1.82, 2.24) is 0 Å². The molecule has 0 aliphatic rings. The monoisotopic (exact) mass is 504 g/mol. The zero-order chi connectivity index (χ0) is 24.0. The summed E-state index contributed by atoms with van der Waals surface area (Å²) in [6.45, 7) is 5.84. The van der Waals surface area contributed by atoms with Crippen LogP contribution in [-0.4, -0.2) is 25.3 Å². The van der Waals surface area contributed by atoms with Gasteiger partial charge in [-0.1, -0.05) is 46.9 Å². The normalized spacial score (nSPS) is 11.0. The van der Waals surface area contributed by atoms with Crippen molar-refractivity contribution < 1.29 is 14.3 Å². The third-order valence-electron chi connectivity index (χ3n) is 4.66. The molecule has 5 nitrogen and oxygen atoms in total. The van der Waals surface area contributed by atoms with Crippen molar-refractivity contribution in [3.63, 3.8) is 0 Å². The third kappa shape index (κ3) is 6.87. The standard InChI is InChI=1S/C25H23Cl3N2O3/c1-4-32-23-10-17(13-29-22-11-18(26)7-5-16(22)3)9-21(28)25(23)33-14-24(31)30-19-8-6-15(2)20(27)12-19/h5-13H,4,14H2,1-3H3,(H,30,31). The molecule has 3 aromatic rings. The first-order chi connectivity index (χ1) is 15.8. The van der Waals surface area contributed by atoms with Gasteiger partial charge in [0.15, 0.2) is 18.1 Å². The Morgan fingerprint density at radius 3 is 2.45 bits per heavy atom. The van der Waals surface area contributed by atoms with Crippen LogP contribution in [0.4, 0.5) is 11.4 Å². The first-order valence-electron chi connectivity index (χ1n) is 10.2. The number of aliphatic imine (C=N–C) groups is 1. The molecule has 0 heterocycles. The van der Waals surface area contributed by atoms with Crippen LogP contribution in [0.2, 0.25) is 15.1 Å². The Bertz CT molecular complexity index is 1200. The lowest BCUT2D eigenvalue weighted by atomic mass is 10.2. The van der Waals surface area contributed by atoms with Gasteiger partial charge in [-0.3, -0.25) is 9.79 Å². The largest absolute Gasteiger partial charge is 0.490 e. The van der Waals surface area contributed by atoms with Crippen LogP contribution < -0.4 is 14.8 Å². The topological polar surface area (TPSA) is 59.9 Å². The fourth-order valence-corrected chi connectivity index (χ4v) is 3.56. The minimum Gasteiger partial charge on any atom is -0.490 e. The molecule has 0 spiro atoms. The van der Waals surface area contributed by atoms with Crippen molar-refractivity contribution in [2.45, 2.75) is 20.8 Å². The van der Waals surface area contributed by atoms with Gasteiger partial charge in [0.25, 0.3) is 5.91 Å². The lowest BCUT2D eigenvalue weighted by Crippen LogP contribution is -2.20. The molecule has 0 saturated heterocycles. The predicted octanol–water partition coefficient (Wildman–Crippen LogP) is 7.43. The van der Waals surface area contributed by atoms with Crippen molar-refractivity contribution in [2.24, 2.45) is 4.99 Å². The maximum atomic E-state index is 12.4.